The van der Waals surface area contributed by atoms with Crippen LogP contribution >= 0.6 is 0 Å². The minimum atomic E-state index is 0.0788. The maximum absolute atomic E-state index is 12.1. The molecule has 3 rings (SSSR count). The van der Waals surface area contributed by atoms with Crippen LogP contribution in [-0.2, 0) is 9.59 Å². The van der Waals surface area contributed by atoms with E-state index in [1.807, 2.05) is 4.90 Å². The first-order chi connectivity index (χ1) is 9.81. The van der Waals surface area contributed by atoms with Gasteiger partial charge in [0, 0.05) is 31.2 Å². The van der Waals surface area contributed by atoms with Gasteiger partial charge in [0.05, 0.1) is 6.54 Å². The lowest BCUT2D eigenvalue weighted by molar-refractivity contribution is -0.132. The number of rotatable bonds is 4. The summed E-state index contributed by atoms with van der Waals surface area (Å²) >= 11 is 0. The number of hydrogen-bond acceptors (Lipinski definition) is 3. The van der Waals surface area contributed by atoms with Crippen LogP contribution in [0.1, 0.15) is 44.9 Å². The zero-order chi connectivity index (χ0) is 13.9. The second-order valence-corrected chi connectivity index (χ2v) is 6.33. The molecule has 3 aliphatic rings. The maximum atomic E-state index is 12.1. The number of hydrogen-bond donors (Lipinski definition) is 1. The zero-order valence-electron chi connectivity index (χ0n) is 12.1. The molecule has 2 aliphatic heterocycles. The number of nitrogens with one attached hydrogen (secondary N) is 1. The van der Waals surface area contributed by atoms with Crippen molar-refractivity contribution in [2.45, 2.75) is 63.1 Å². The molecule has 2 amide bonds. The van der Waals surface area contributed by atoms with Gasteiger partial charge >= 0.3 is 0 Å². The van der Waals surface area contributed by atoms with Crippen LogP contribution in [0.4, 0.5) is 0 Å². The van der Waals surface area contributed by atoms with Crippen molar-refractivity contribution in [3.8, 4) is 0 Å². The van der Waals surface area contributed by atoms with Gasteiger partial charge in [-0.25, -0.2) is 0 Å². The van der Waals surface area contributed by atoms with Gasteiger partial charge in [0.1, 0.15) is 0 Å². The Kier molecular flexibility index (Phi) is 4.24. The highest BCUT2D eigenvalue weighted by Crippen LogP contribution is 2.36. The molecule has 112 valence electrons. The molecule has 0 aromatic rings. The first-order valence-corrected chi connectivity index (χ1v) is 8.03. The third-order valence-corrected chi connectivity index (χ3v) is 5.32. The van der Waals surface area contributed by atoms with E-state index in [1.165, 1.54) is 32.1 Å². The minimum Gasteiger partial charge on any atom is -0.350 e. The Bertz CT molecular complexity index is 368. The van der Waals surface area contributed by atoms with Crippen LogP contribution in [0.2, 0.25) is 0 Å². The molecule has 1 N–H and O–H groups in total. The molecule has 2 unspecified atom stereocenters. The zero-order valence-corrected chi connectivity index (χ0v) is 12.1. The first-order valence-electron chi connectivity index (χ1n) is 8.03. The van der Waals surface area contributed by atoms with E-state index in [1.54, 1.807) is 0 Å². The number of likely N-dealkylation sites (tertiary alicyclic amines) is 2. The van der Waals surface area contributed by atoms with Crippen molar-refractivity contribution in [2.24, 2.45) is 0 Å². The van der Waals surface area contributed by atoms with Gasteiger partial charge in [0.25, 0.3) is 0 Å². The Balaban J connectivity index is 1.60. The van der Waals surface area contributed by atoms with Gasteiger partial charge in [-0.05, 0) is 25.7 Å². The van der Waals surface area contributed by atoms with Crippen LogP contribution in [0.15, 0.2) is 0 Å². The van der Waals surface area contributed by atoms with Crippen molar-refractivity contribution in [3.05, 3.63) is 0 Å². The van der Waals surface area contributed by atoms with Crippen LogP contribution in [0.25, 0.3) is 0 Å². The lowest BCUT2D eigenvalue weighted by Crippen LogP contribution is -2.45. The van der Waals surface area contributed by atoms with Crippen molar-refractivity contribution < 1.29 is 9.59 Å². The summed E-state index contributed by atoms with van der Waals surface area (Å²) in [5, 5.41) is 2.49. The average molecular weight is 279 g/mol. The lowest BCUT2D eigenvalue weighted by Gasteiger charge is -2.35. The molecule has 0 spiro atoms. The van der Waals surface area contributed by atoms with E-state index in [0.717, 1.165) is 32.0 Å². The largest absolute Gasteiger partial charge is 0.350 e. The Morgan fingerprint density at radius 2 is 1.80 bits per heavy atom. The molecule has 5 nitrogen and oxygen atoms in total. The first kappa shape index (κ1) is 13.9. The highest BCUT2D eigenvalue weighted by molar-refractivity contribution is 5.80. The van der Waals surface area contributed by atoms with E-state index in [4.69, 9.17) is 0 Å². The monoisotopic (exact) mass is 279 g/mol. The molecule has 3 fully saturated rings. The molecule has 2 atom stereocenters. The van der Waals surface area contributed by atoms with Gasteiger partial charge < -0.3 is 10.2 Å². The fourth-order valence-corrected chi connectivity index (χ4v) is 4.43. The molecule has 5 heteroatoms. The summed E-state index contributed by atoms with van der Waals surface area (Å²) in [4.78, 5) is 27.1. The van der Waals surface area contributed by atoms with Crippen LogP contribution < -0.4 is 5.32 Å². The van der Waals surface area contributed by atoms with Gasteiger partial charge in [0.2, 0.25) is 12.3 Å². The molecule has 1 saturated carbocycles. The predicted molar refractivity (Wildman–Crippen MR) is 76.2 cm³/mol. The van der Waals surface area contributed by atoms with Crippen molar-refractivity contribution in [1.82, 2.24) is 15.1 Å². The maximum Gasteiger partial charge on any atom is 0.242 e. The third kappa shape index (κ3) is 2.55. The second kappa shape index (κ2) is 6.12. The highest BCUT2D eigenvalue weighted by atomic mass is 16.2. The molecule has 2 heterocycles. The number of fused-ring (bicyclic) bond motifs is 1. The normalized spacial score (nSPS) is 31.3. The average Bonchev–Trinajstić information content (AvgIpc) is 3.07. The molecule has 2 saturated heterocycles. The standard InChI is InChI=1S/C15H25N3O2/c19-11-16-10-15(20)18-9-7-13-14(18)6-8-17(13)12-4-2-1-3-5-12/h11-14H,1-10H2,(H,16,19). The topological polar surface area (TPSA) is 52.7 Å². The second-order valence-electron chi connectivity index (χ2n) is 6.33. The van der Waals surface area contributed by atoms with Gasteiger partial charge in [-0.3, -0.25) is 14.5 Å². The van der Waals surface area contributed by atoms with Crippen molar-refractivity contribution in [3.63, 3.8) is 0 Å². The smallest absolute Gasteiger partial charge is 0.242 e. The summed E-state index contributed by atoms with van der Waals surface area (Å²) in [7, 11) is 0. The summed E-state index contributed by atoms with van der Waals surface area (Å²) in [6.07, 6.45) is 9.61. The van der Waals surface area contributed by atoms with E-state index < -0.39 is 0 Å². The summed E-state index contributed by atoms with van der Waals surface area (Å²) in [5.41, 5.74) is 0. The summed E-state index contributed by atoms with van der Waals surface area (Å²) in [5.74, 6) is 0.0788. The molecule has 20 heavy (non-hydrogen) atoms. The number of carbonyl (C=O) groups is 2. The van der Waals surface area contributed by atoms with E-state index >= 15 is 0 Å². The highest BCUT2D eigenvalue weighted by Gasteiger charge is 2.46. The van der Waals surface area contributed by atoms with Crippen LogP contribution in [0.3, 0.4) is 0 Å². The van der Waals surface area contributed by atoms with Crippen molar-refractivity contribution >= 4 is 12.3 Å². The van der Waals surface area contributed by atoms with E-state index in [-0.39, 0.29) is 12.5 Å². The Labute approximate surface area is 120 Å². The fourth-order valence-electron chi connectivity index (χ4n) is 4.43. The summed E-state index contributed by atoms with van der Waals surface area (Å²) in [6, 6.07) is 1.71. The lowest BCUT2D eigenvalue weighted by atomic mass is 9.93. The van der Waals surface area contributed by atoms with Gasteiger partial charge in [-0.1, -0.05) is 19.3 Å². The van der Waals surface area contributed by atoms with E-state index in [2.05, 4.69) is 10.2 Å². The SMILES string of the molecule is O=CNCC(=O)N1CCC2C1CCN2C1CCCCC1. The third-order valence-electron chi connectivity index (χ3n) is 5.32. The van der Waals surface area contributed by atoms with Crippen LogP contribution in [0, 0.1) is 0 Å². The quantitative estimate of drug-likeness (QED) is 0.772. The van der Waals surface area contributed by atoms with E-state index in [0.29, 0.717) is 18.5 Å². The number of carbonyl (C=O) groups excluding carboxylic acids is 2. The van der Waals surface area contributed by atoms with E-state index in [9.17, 15) is 9.59 Å². The van der Waals surface area contributed by atoms with Crippen LogP contribution in [-0.4, -0.2) is 59.9 Å². The summed E-state index contributed by atoms with van der Waals surface area (Å²) in [6.45, 7) is 2.15. The fraction of sp³-hybridized carbons (Fsp3) is 0.867. The molecular formula is C15H25N3O2. The van der Waals surface area contributed by atoms with Gasteiger partial charge in [-0.15, -0.1) is 0 Å². The number of nitrogens with zero attached hydrogens (tertiary/aromatic N) is 2. The van der Waals surface area contributed by atoms with Crippen LogP contribution in [0.5, 0.6) is 0 Å². The molecule has 0 radical (unpaired) electrons. The Morgan fingerprint density at radius 3 is 2.55 bits per heavy atom. The Morgan fingerprint density at radius 1 is 1.05 bits per heavy atom. The molecule has 0 aromatic heterocycles. The predicted octanol–water partition coefficient (Wildman–Crippen LogP) is 0.740. The molecule has 1 aliphatic carbocycles. The van der Waals surface area contributed by atoms with Crippen molar-refractivity contribution in [1.29, 1.82) is 0 Å². The van der Waals surface area contributed by atoms with Crippen molar-refractivity contribution in [2.75, 3.05) is 19.6 Å². The van der Waals surface area contributed by atoms with Gasteiger partial charge in [0.15, 0.2) is 0 Å². The molecule has 0 bridgehead atoms. The number of amides is 2. The minimum absolute atomic E-state index is 0.0788. The van der Waals surface area contributed by atoms with Gasteiger partial charge in [-0.2, -0.15) is 0 Å². The molecular weight excluding hydrogens is 254 g/mol. The Hall–Kier alpha value is -1.10. The summed E-state index contributed by atoms with van der Waals surface area (Å²) < 4.78 is 0. The molecule has 0 aromatic carbocycles.